The molecule has 0 saturated heterocycles. The quantitative estimate of drug-likeness (QED) is 0.137. The number of hydrogen-bond donors (Lipinski definition) is 2. The van der Waals surface area contributed by atoms with Crippen LogP contribution in [0.5, 0.6) is 0 Å². The summed E-state index contributed by atoms with van der Waals surface area (Å²) in [6, 6.07) is 19.4. The molecule has 196 valence electrons. The van der Waals surface area contributed by atoms with Gasteiger partial charge in [-0.2, -0.15) is 19.2 Å². The van der Waals surface area contributed by atoms with Crippen LogP contribution < -0.4 is 11.5 Å². The molecule has 40 heavy (non-hydrogen) atoms. The molecule has 0 fully saturated rings. The Hall–Kier alpha value is -4.26. The number of nitrogen functional groups attached to an aromatic ring is 2. The predicted octanol–water partition coefficient (Wildman–Crippen LogP) is 8.34. The summed E-state index contributed by atoms with van der Waals surface area (Å²) < 4.78 is 12.3. The minimum absolute atomic E-state index is 0.430. The van der Waals surface area contributed by atoms with Gasteiger partial charge < -0.3 is 16.0 Å². The standard InChI is InChI=1S/C29H21N7S4/c1-2-9-36-24-12-18(10-16(14-30)20-5-3-7-22(32)26(20)34-37)39-28(24)29-25(36)13-19(40-29)11-17(15-31)21-6-4-8-23(33)27(21)35-38/h3-8,10-13H,2,9,32-33H2,1H3/b16-10+,17-11+. The number of allylic oxidation sites excluding steroid dienone is 2. The first-order valence-corrected chi connectivity index (χ1v) is 14.5. The number of rotatable bonds is 8. The lowest BCUT2D eigenvalue weighted by Gasteiger charge is -2.06. The largest absolute Gasteiger partial charge is 0.397 e. The van der Waals surface area contributed by atoms with Gasteiger partial charge in [0, 0.05) is 52.3 Å². The first-order valence-electron chi connectivity index (χ1n) is 12.2. The summed E-state index contributed by atoms with van der Waals surface area (Å²) in [5.74, 6) is 0. The summed E-state index contributed by atoms with van der Waals surface area (Å²) >= 11 is 13.1. The van der Waals surface area contributed by atoms with Crippen LogP contribution in [-0.4, -0.2) is 4.57 Å². The Labute approximate surface area is 249 Å². The number of fused-ring (bicyclic) bond motifs is 3. The van der Waals surface area contributed by atoms with Gasteiger partial charge in [0.25, 0.3) is 0 Å². The lowest BCUT2D eigenvalue weighted by Crippen LogP contribution is -1.94. The Morgan fingerprint density at radius 2 is 1.30 bits per heavy atom. The SMILES string of the molecule is CCCn1c2cc(/C=C(\C#N)c3cccc(N)c3N=S)sc2c2sc(/C=C(\C#N)c3cccc(N)c3N=S)cc21. The number of hydrogen-bond acceptors (Lipinski definition) is 10. The molecule has 3 aromatic heterocycles. The molecule has 4 N–H and O–H groups in total. The smallest absolute Gasteiger partial charge is 0.108 e. The number of aryl methyl sites for hydroxylation is 1. The van der Waals surface area contributed by atoms with Crippen molar-refractivity contribution in [3.8, 4) is 12.1 Å². The molecule has 0 aliphatic heterocycles. The highest BCUT2D eigenvalue weighted by atomic mass is 32.1. The van der Waals surface area contributed by atoms with Crippen molar-refractivity contribution in [2.75, 3.05) is 11.5 Å². The van der Waals surface area contributed by atoms with E-state index in [1.807, 2.05) is 12.2 Å². The number of thiophene rings is 2. The second kappa shape index (κ2) is 11.5. The predicted molar refractivity (Wildman–Crippen MR) is 173 cm³/mol. The molecule has 3 heterocycles. The van der Waals surface area contributed by atoms with Crippen molar-refractivity contribution >= 4 is 114 Å². The maximum Gasteiger partial charge on any atom is 0.108 e. The molecule has 0 aliphatic rings. The van der Waals surface area contributed by atoms with Crippen LogP contribution in [0.15, 0.2) is 57.3 Å². The van der Waals surface area contributed by atoms with E-state index >= 15 is 0 Å². The Morgan fingerprint density at radius 1 is 0.850 bits per heavy atom. The number of nitrogens with two attached hydrogens (primary N) is 2. The van der Waals surface area contributed by atoms with Crippen LogP contribution in [-0.2, 0) is 31.4 Å². The van der Waals surface area contributed by atoms with Gasteiger partial charge >= 0.3 is 0 Å². The molecule has 0 radical (unpaired) electrons. The fourth-order valence-electron chi connectivity index (χ4n) is 4.65. The molecule has 11 heteroatoms. The normalized spacial score (nSPS) is 12.0. The Kier molecular flexibility index (Phi) is 7.83. The molecule has 0 spiro atoms. The average molecular weight is 596 g/mol. The van der Waals surface area contributed by atoms with Gasteiger partial charge in [-0.15, -0.1) is 22.7 Å². The van der Waals surface area contributed by atoms with Crippen molar-refractivity contribution in [1.29, 1.82) is 10.5 Å². The van der Waals surface area contributed by atoms with Crippen LogP contribution in [0.25, 0.3) is 43.7 Å². The van der Waals surface area contributed by atoms with Gasteiger partial charge in [0.2, 0.25) is 0 Å². The molecule has 5 aromatic rings. The number of aromatic nitrogens is 1. The lowest BCUT2D eigenvalue weighted by atomic mass is 10.0. The zero-order valence-electron chi connectivity index (χ0n) is 21.2. The summed E-state index contributed by atoms with van der Waals surface area (Å²) in [5, 5.41) is 19.9. The number of benzene rings is 2. The van der Waals surface area contributed by atoms with Crippen LogP contribution in [0.3, 0.4) is 0 Å². The minimum Gasteiger partial charge on any atom is -0.397 e. The van der Waals surface area contributed by atoms with E-state index in [0.29, 0.717) is 45.0 Å². The van der Waals surface area contributed by atoms with Crippen molar-refractivity contribution in [2.24, 2.45) is 8.73 Å². The summed E-state index contributed by atoms with van der Waals surface area (Å²) in [7, 11) is 0. The summed E-state index contributed by atoms with van der Waals surface area (Å²) in [5.41, 5.74) is 18.1. The fraction of sp³-hybridized carbons (Fsp3) is 0.103. The number of anilines is 2. The van der Waals surface area contributed by atoms with Gasteiger partial charge in [0.1, 0.15) is 11.4 Å². The van der Waals surface area contributed by atoms with Crippen molar-refractivity contribution in [3.05, 3.63) is 69.4 Å². The van der Waals surface area contributed by atoms with E-state index in [-0.39, 0.29) is 0 Å². The monoisotopic (exact) mass is 595 g/mol. The summed E-state index contributed by atoms with van der Waals surface area (Å²) in [6.45, 7) is 2.97. The first kappa shape index (κ1) is 27.3. The second-order valence-electron chi connectivity index (χ2n) is 8.89. The summed E-state index contributed by atoms with van der Waals surface area (Å²) in [4.78, 5) is 1.87. The van der Waals surface area contributed by atoms with Crippen molar-refractivity contribution in [3.63, 3.8) is 0 Å². The molecule has 2 aromatic carbocycles. The van der Waals surface area contributed by atoms with Gasteiger partial charge in [-0.3, -0.25) is 0 Å². The van der Waals surface area contributed by atoms with Crippen molar-refractivity contribution in [1.82, 2.24) is 4.57 Å². The van der Waals surface area contributed by atoms with E-state index in [1.165, 1.54) is 0 Å². The van der Waals surface area contributed by atoms with Gasteiger partial charge in [0.15, 0.2) is 0 Å². The van der Waals surface area contributed by atoms with Crippen LogP contribution in [0, 0.1) is 22.7 Å². The third-order valence-corrected chi connectivity index (χ3v) is 9.08. The molecule has 0 aliphatic carbocycles. The maximum absolute atomic E-state index is 9.96. The van der Waals surface area contributed by atoms with E-state index in [0.717, 1.165) is 43.2 Å². The minimum atomic E-state index is 0.430. The molecule has 0 bridgehead atoms. The molecular formula is C29H21N7S4. The zero-order chi connectivity index (χ0) is 28.4. The molecule has 0 unspecified atom stereocenters. The molecule has 0 atom stereocenters. The molecule has 0 amide bonds. The second-order valence-corrected chi connectivity index (χ2v) is 11.4. The first-order chi connectivity index (χ1) is 19.4. The highest BCUT2D eigenvalue weighted by Crippen LogP contribution is 2.43. The van der Waals surface area contributed by atoms with Crippen molar-refractivity contribution < 1.29 is 0 Å². The zero-order valence-corrected chi connectivity index (χ0v) is 24.5. The fourth-order valence-corrected chi connectivity index (χ4v) is 7.41. The van der Waals surface area contributed by atoms with E-state index in [1.54, 1.807) is 59.1 Å². The maximum atomic E-state index is 9.96. The molecular weight excluding hydrogens is 575 g/mol. The average Bonchev–Trinajstić information content (AvgIpc) is 3.62. The lowest BCUT2D eigenvalue weighted by molar-refractivity contribution is 0.724. The van der Waals surface area contributed by atoms with Gasteiger partial charge in [-0.25, -0.2) is 0 Å². The molecule has 5 rings (SSSR count). The van der Waals surface area contributed by atoms with E-state index in [4.69, 9.17) is 36.3 Å². The highest BCUT2D eigenvalue weighted by Gasteiger charge is 2.18. The van der Waals surface area contributed by atoms with Crippen molar-refractivity contribution in [2.45, 2.75) is 19.9 Å². The Bertz CT molecular complexity index is 1820. The van der Waals surface area contributed by atoms with E-state index in [2.05, 4.69) is 44.5 Å². The topological polar surface area (TPSA) is 129 Å². The molecule has 0 saturated carbocycles. The number of nitrogens with zero attached hydrogens (tertiary/aromatic N) is 5. The van der Waals surface area contributed by atoms with Gasteiger partial charge in [-0.05, 0) is 42.8 Å². The third-order valence-electron chi connectivity index (χ3n) is 6.41. The van der Waals surface area contributed by atoms with Gasteiger partial charge in [0.05, 0.1) is 55.1 Å². The summed E-state index contributed by atoms with van der Waals surface area (Å²) in [6.07, 6.45) is 4.66. The van der Waals surface area contributed by atoms with Crippen LogP contribution >= 0.6 is 22.7 Å². The molecule has 7 nitrogen and oxygen atoms in total. The highest BCUT2D eigenvalue weighted by molar-refractivity contribution is 7.47. The van der Waals surface area contributed by atoms with E-state index in [9.17, 15) is 10.5 Å². The van der Waals surface area contributed by atoms with Crippen LogP contribution in [0.1, 0.15) is 34.2 Å². The Morgan fingerprint density at radius 3 is 1.68 bits per heavy atom. The van der Waals surface area contributed by atoms with Crippen LogP contribution in [0.2, 0.25) is 0 Å². The van der Waals surface area contributed by atoms with E-state index < -0.39 is 0 Å². The van der Waals surface area contributed by atoms with Crippen LogP contribution in [0.4, 0.5) is 22.7 Å². The van der Waals surface area contributed by atoms with Gasteiger partial charge in [-0.1, -0.05) is 31.2 Å². The Balaban J connectivity index is 1.64. The third kappa shape index (κ3) is 4.81. The number of nitriles is 2.